The highest BCUT2D eigenvalue weighted by Gasteiger charge is 2.43. The summed E-state index contributed by atoms with van der Waals surface area (Å²) in [6.45, 7) is 2.22. The maximum atomic E-state index is 11.9. The van der Waals surface area contributed by atoms with E-state index in [0.717, 1.165) is 17.4 Å². The van der Waals surface area contributed by atoms with Crippen LogP contribution in [0.2, 0.25) is 0 Å². The average Bonchev–Trinajstić information content (AvgIpc) is 2.51. The van der Waals surface area contributed by atoms with E-state index in [9.17, 15) is 19.5 Å². The molecule has 0 radical (unpaired) electrons. The Hall–Kier alpha value is -2.41. The summed E-state index contributed by atoms with van der Waals surface area (Å²) in [5.41, 5.74) is -1.78. The minimum atomic E-state index is -2.56. The number of likely N-dealkylation sites (N-methyl/N-ethyl adjacent to an activating group) is 1. The largest absolute Gasteiger partial charge is 0.479 e. The number of carbonyl (C=O) groups excluding carboxylic acids is 2. The number of nitrogens with zero attached hydrogens (tertiary/aromatic N) is 1. The number of carbonyl (C=O) groups is 3. The van der Waals surface area contributed by atoms with Crippen LogP contribution in [0.5, 0.6) is 0 Å². The normalized spacial score (nSPS) is 14.5. The van der Waals surface area contributed by atoms with Gasteiger partial charge in [-0.3, -0.25) is 4.79 Å². The molecule has 120 valence electrons. The zero-order valence-electron chi connectivity index (χ0n) is 12.6. The third kappa shape index (κ3) is 4.05. The molecule has 7 heteroatoms. The molecule has 0 fully saturated rings. The molecule has 0 aliphatic carbocycles. The van der Waals surface area contributed by atoms with Crippen LogP contribution in [0.1, 0.15) is 19.4 Å². The van der Waals surface area contributed by atoms with Crippen LogP contribution in [0.4, 0.5) is 4.79 Å². The third-order valence-corrected chi connectivity index (χ3v) is 3.35. The summed E-state index contributed by atoms with van der Waals surface area (Å²) in [7, 11) is 1.30. The maximum Gasteiger partial charge on any atom is 0.410 e. The van der Waals surface area contributed by atoms with Gasteiger partial charge in [0.1, 0.15) is 6.61 Å². The van der Waals surface area contributed by atoms with E-state index in [1.807, 2.05) is 6.07 Å². The van der Waals surface area contributed by atoms with E-state index >= 15 is 0 Å². The topological polar surface area (TPSA) is 104 Å². The molecule has 0 spiro atoms. The van der Waals surface area contributed by atoms with Gasteiger partial charge < -0.3 is 19.8 Å². The number of ketones is 1. The number of aliphatic carboxylic acids is 1. The minimum Gasteiger partial charge on any atom is -0.479 e. The van der Waals surface area contributed by atoms with Gasteiger partial charge in [0, 0.05) is 7.05 Å². The van der Waals surface area contributed by atoms with Crippen molar-refractivity contribution in [2.24, 2.45) is 0 Å². The highest BCUT2D eigenvalue weighted by Crippen LogP contribution is 2.13. The number of amides is 1. The minimum absolute atomic E-state index is 0.0280. The van der Waals surface area contributed by atoms with Gasteiger partial charge in [0.15, 0.2) is 5.78 Å². The molecule has 1 aromatic rings. The first-order valence-corrected chi connectivity index (χ1v) is 6.61. The fraction of sp³-hybridized carbons (Fsp3) is 0.400. The Kier molecular flexibility index (Phi) is 5.64. The van der Waals surface area contributed by atoms with Crippen LogP contribution >= 0.6 is 0 Å². The Morgan fingerprint density at radius 3 is 2.32 bits per heavy atom. The first-order valence-electron chi connectivity index (χ1n) is 6.61. The predicted octanol–water partition coefficient (Wildman–Crippen LogP) is 1.05. The molecule has 0 heterocycles. The van der Waals surface area contributed by atoms with E-state index < -0.39 is 29.5 Å². The quantitative estimate of drug-likeness (QED) is 0.761. The van der Waals surface area contributed by atoms with Crippen molar-refractivity contribution in [1.29, 1.82) is 0 Å². The first-order chi connectivity index (χ1) is 10.2. The molecular formula is C15H19NO6. The molecule has 0 saturated heterocycles. The van der Waals surface area contributed by atoms with Gasteiger partial charge in [0.05, 0.1) is 6.04 Å². The second kappa shape index (κ2) is 7.04. The van der Waals surface area contributed by atoms with E-state index in [2.05, 4.69) is 0 Å². The molecule has 1 aromatic carbocycles. The molecule has 0 aliphatic rings. The Balaban J connectivity index is 2.66. The Bertz CT molecular complexity index is 554. The SMILES string of the molecule is C[C@@H](C(=O)[C@](C)(O)C(=O)O)N(C)C(=O)OCc1ccccc1. The molecule has 0 aromatic heterocycles. The van der Waals surface area contributed by atoms with Crippen LogP contribution in [-0.4, -0.2) is 51.6 Å². The molecule has 1 rings (SSSR count). The summed E-state index contributed by atoms with van der Waals surface area (Å²) < 4.78 is 5.04. The smallest absolute Gasteiger partial charge is 0.410 e. The second-order valence-corrected chi connectivity index (χ2v) is 5.07. The van der Waals surface area contributed by atoms with E-state index in [4.69, 9.17) is 9.84 Å². The number of Topliss-reactive ketones (excluding diaryl/α,β-unsaturated/α-hetero) is 1. The summed E-state index contributed by atoms with van der Waals surface area (Å²) in [6, 6.07) is 7.82. The average molecular weight is 309 g/mol. The number of aliphatic hydroxyl groups is 1. The van der Waals surface area contributed by atoms with Gasteiger partial charge in [-0.05, 0) is 19.4 Å². The fourth-order valence-electron chi connectivity index (χ4n) is 1.67. The second-order valence-electron chi connectivity index (χ2n) is 5.07. The van der Waals surface area contributed by atoms with E-state index in [0.29, 0.717) is 0 Å². The molecule has 1 amide bonds. The van der Waals surface area contributed by atoms with Crippen molar-refractivity contribution in [2.75, 3.05) is 7.05 Å². The van der Waals surface area contributed by atoms with Gasteiger partial charge in [-0.2, -0.15) is 0 Å². The third-order valence-electron chi connectivity index (χ3n) is 3.35. The van der Waals surface area contributed by atoms with Gasteiger partial charge in [-0.25, -0.2) is 9.59 Å². The van der Waals surface area contributed by atoms with Crippen molar-refractivity contribution < 1.29 is 29.3 Å². The number of rotatable bonds is 6. The van der Waals surface area contributed by atoms with Crippen molar-refractivity contribution in [3.8, 4) is 0 Å². The molecule has 7 nitrogen and oxygen atoms in total. The molecule has 0 unspecified atom stereocenters. The van der Waals surface area contributed by atoms with E-state index in [1.54, 1.807) is 24.3 Å². The molecule has 2 N–H and O–H groups in total. The van der Waals surface area contributed by atoms with Crippen LogP contribution in [0.15, 0.2) is 30.3 Å². The molecular weight excluding hydrogens is 290 g/mol. The van der Waals surface area contributed by atoms with Gasteiger partial charge in [0.25, 0.3) is 0 Å². The highest BCUT2D eigenvalue weighted by atomic mass is 16.6. The summed E-state index contributed by atoms with van der Waals surface area (Å²) in [4.78, 5) is 35.6. The lowest BCUT2D eigenvalue weighted by atomic mass is 9.95. The van der Waals surface area contributed by atoms with Gasteiger partial charge in [-0.15, -0.1) is 0 Å². The van der Waals surface area contributed by atoms with Crippen molar-refractivity contribution in [1.82, 2.24) is 4.90 Å². The van der Waals surface area contributed by atoms with Crippen molar-refractivity contribution in [3.05, 3.63) is 35.9 Å². The van der Waals surface area contributed by atoms with Gasteiger partial charge in [-0.1, -0.05) is 30.3 Å². The van der Waals surface area contributed by atoms with Crippen molar-refractivity contribution in [3.63, 3.8) is 0 Å². The number of carboxylic acids is 1. The lowest BCUT2D eigenvalue weighted by molar-refractivity contribution is -0.165. The molecule has 22 heavy (non-hydrogen) atoms. The summed E-state index contributed by atoms with van der Waals surface area (Å²) in [6.07, 6.45) is -0.786. The van der Waals surface area contributed by atoms with Crippen LogP contribution in [0.3, 0.4) is 0 Å². The van der Waals surface area contributed by atoms with E-state index in [-0.39, 0.29) is 6.61 Å². The fourth-order valence-corrected chi connectivity index (χ4v) is 1.67. The highest BCUT2D eigenvalue weighted by molar-refractivity contribution is 6.08. The number of hydrogen-bond donors (Lipinski definition) is 2. The van der Waals surface area contributed by atoms with Crippen LogP contribution in [0, 0.1) is 0 Å². The summed E-state index contributed by atoms with van der Waals surface area (Å²) in [5.74, 6) is -2.67. The van der Waals surface area contributed by atoms with Crippen molar-refractivity contribution >= 4 is 17.8 Å². The van der Waals surface area contributed by atoms with Gasteiger partial charge in [0.2, 0.25) is 5.60 Å². The zero-order valence-corrected chi connectivity index (χ0v) is 12.6. The number of carboxylic acid groups (broad SMARTS) is 1. The Morgan fingerprint density at radius 1 is 1.27 bits per heavy atom. The predicted molar refractivity (Wildman–Crippen MR) is 77.1 cm³/mol. The molecule has 0 saturated carbocycles. The van der Waals surface area contributed by atoms with Gasteiger partial charge >= 0.3 is 12.1 Å². The van der Waals surface area contributed by atoms with E-state index in [1.165, 1.54) is 14.0 Å². The first kappa shape index (κ1) is 17.6. The van der Waals surface area contributed by atoms with Crippen LogP contribution in [-0.2, 0) is 20.9 Å². The summed E-state index contributed by atoms with van der Waals surface area (Å²) in [5, 5.41) is 18.5. The lowest BCUT2D eigenvalue weighted by Gasteiger charge is -2.27. The maximum absolute atomic E-state index is 11.9. The molecule has 0 bridgehead atoms. The lowest BCUT2D eigenvalue weighted by Crippen LogP contribution is -2.53. The zero-order chi connectivity index (χ0) is 16.9. The Labute approximate surface area is 128 Å². The monoisotopic (exact) mass is 309 g/mol. The van der Waals surface area contributed by atoms with Crippen LogP contribution in [0.25, 0.3) is 0 Å². The Morgan fingerprint density at radius 2 is 1.82 bits per heavy atom. The molecule has 2 atom stereocenters. The molecule has 0 aliphatic heterocycles. The number of hydrogen-bond acceptors (Lipinski definition) is 5. The van der Waals surface area contributed by atoms with Crippen molar-refractivity contribution in [2.45, 2.75) is 32.1 Å². The standard InChI is InChI=1S/C15H19NO6/c1-10(12(17)15(2,21)13(18)19)16(3)14(20)22-9-11-7-5-4-6-8-11/h4-8,10,21H,9H2,1-3H3,(H,18,19)/t10-,15-/m0/s1. The number of benzene rings is 1. The number of ether oxygens (including phenoxy) is 1. The summed E-state index contributed by atoms with van der Waals surface area (Å²) >= 11 is 0. The van der Waals surface area contributed by atoms with Crippen LogP contribution < -0.4 is 0 Å².